The first-order valence-electron chi connectivity index (χ1n) is 5.17. The van der Waals surface area contributed by atoms with E-state index in [0.717, 1.165) is 11.5 Å². The molecule has 0 N–H and O–H groups in total. The molecule has 17 heavy (non-hydrogen) atoms. The highest BCUT2D eigenvalue weighted by Gasteiger charge is 2.24. The van der Waals surface area contributed by atoms with Crippen LogP contribution in [0.4, 0.5) is 8.78 Å². The largest absolute Gasteiger partial charge is 0.434 e. The van der Waals surface area contributed by atoms with Crippen LogP contribution in [0.15, 0.2) is 24.3 Å². The number of amides is 1. The molecule has 1 aromatic carbocycles. The maximum atomic E-state index is 12.2. The standard InChI is InChI=1S/C11H11F2NO3/c12-11(13)17-9-5-2-1-4-8(9)10(15)14-6-3-7-16-14/h1-2,4-5,11H,3,6-7H2. The third kappa shape index (κ3) is 2.71. The van der Waals surface area contributed by atoms with Gasteiger partial charge in [-0.15, -0.1) is 0 Å². The predicted octanol–water partition coefficient (Wildman–Crippen LogP) is 2.07. The molecule has 4 nitrogen and oxygen atoms in total. The predicted molar refractivity (Wildman–Crippen MR) is 54.7 cm³/mol. The molecule has 0 radical (unpaired) electrons. The molecule has 1 saturated heterocycles. The Bertz CT molecular complexity index is 405. The number of carbonyl (C=O) groups is 1. The normalized spacial score (nSPS) is 15.4. The summed E-state index contributed by atoms with van der Waals surface area (Å²) in [5, 5.41) is 1.16. The van der Waals surface area contributed by atoms with Crippen molar-refractivity contribution in [1.82, 2.24) is 5.06 Å². The second kappa shape index (κ2) is 5.09. The third-order valence-corrected chi connectivity index (χ3v) is 2.31. The molecular weight excluding hydrogens is 232 g/mol. The van der Waals surface area contributed by atoms with Crippen LogP contribution in [-0.2, 0) is 4.84 Å². The summed E-state index contributed by atoms with van der Waals surface area (Å²) in [4.78, 5) is 17.0. The Labute approximate surface area is 96.7 Å². The summed E-state index contributed by atoms with van der Waals surface area (Å²) in [6.07, 6.45) is 0.740. The van der Waals surface area contributed by atoms with Crippen LogP contribution in [0.25, 0.3) is 0 Å². The van der Waals surface area contributed by atoms with Gasteiger partial charge in [0.2, 0.25) is 0 Å². The van der Waals surface area contributed by atoms with Crippen LogP contribution < -0.4 is 4.74 Å². The van der Waals surface area contributed by atoms with Crippen LogP contribution in [0.5, 0.6) is 5.75 Å². The Hall–Kier alpha value is -1.69. The first kappa shape index (κ1) is 11.8. The van der Waals surface area contributed by atoms with Crippen molar-refractivity contribution in [2.24, 2.45) is 0 Å². The SMILES string of the molecule is O=C(c1ccccc1OC(F)F)N1CCCO1. The van der Waals surface area contributed by atoms with E-state index < -0.39 is 12.5 Å². The Balaban J connectivity index is 2.21. The molecular formula is C11H11F2NO3. The summed E-state index contributed by atoms with van der Waals surface area (Å²) in [5.74, 6) is -0.596. The number of benzene rings is 1. The number of para-hydroxylation sites is 1. The van der Waals surface area contributed by atoms with Crippen molar-refractivity contribution in [3.05, 3.63) is 29.8 Å². The van der Waals surface area contributed by atoms with Gasteiger partial charge in [0.1, 0.15) is 5.75 Å². The topological polar surface area (TPSA) is 38.8 Å². The number of nitrogens with zero attached hydrogens (tertiary/aromatic N) is 1. The highest BCUT2D eigenvalue weighted by Crippen LogP contribution is 2.23. The van der Waals surface area contributed by atoms with E-state index in [1.807, 2.05) is 0 Å². The van der Waals surface area contributed by atoms with Gasteiger partial charge in [0, 0.05) is 0 Å². The van der Waals surface area contributed by atoms with E-state index in [4.69, 9.17) is 4.84 Å². The first-order valence-corrected chi connectivity index (χ1v) is 5.17. The highest BCUT2D eigenvalue weighted by molar-refractivity contribution is 5.96. The van der Waals surface area contributed by atoms with Crippen molar-refractivity contribution in [2.75, 3.05) is 13.2 Å². The van der Waals surface area contributed by atoms with Gasteiger partial charge in [0.25, 0.3) is 5.91 Å². The van der Waals surface area contributed by atoms with E-state index in [9.17, 15) is 13.6 Å². The van der Waals surface area contributed by atoms with E-state index in [-0.39, 0.29) is 11.3 Å². The molecule has 0 atom stereocenters. The second-order valence-corrected chi connectivity index (χ2v) is 3.47. The third-order valence-electron chi connectivity index (χ3n) is 2.31. The Morgan fingerprint density at radius 2 is 2.18 bits per heavy atom. The quantitative estimate of drug-likeness (QED) is 0.815. The van der Waals surface area contributed by atoms with Crippen molar-refractivity contribution < 1.29 is 23.1 Å². The molecule has 6 heteroatoms. The minimum Gasteiger partial charge on any atom is -0.434 e. The monoisotopic (exact) mass is 243 g/mol. The minimum absolute atomic E-state index is 0.0784. The molecule has 0 bridgehead atoms. The number of hydroxylamine groups is 2. The number of ether oxygens (including phenoxy) is 1. The van der Waals surface area contributed by atoms with Crippen LogP contribution in [0, 0.1) is 0 Å². The lowest BCUT2D eigenvalue weighted by Crippen LogP contribution is -2.27. The van der Waals surface area contributed by atoms with Gasteiger partial charge in [-0.2, -0.15) is 8.78 Å². The zero-order valence-corrected chi connectivity index (χ0v) is 8.94. The Morgan fingerprint density at radius 1 is 1.41 bits per heavy atom. The summed E-state index contributed by atoms with van der Waals surface area (Å²) < 4.78 is 28.6. The van der Waals surface area contributed by atoms with Gasteiger partial charge < -0.3 is 4.74 Å². The summed E-state index contributed by atoms with van der Waals surface area (Å²) in [5.41, 5.74) is 0.0784. The number of rotatable bonds is 3. The van der Waals surface area contributed by atoms with Crippen LogP contribution in [-0.4, -0.2) is 30.7 Å². The van der Waals surface area contributed by atoms with Crippen LogP contribution in [0.2, 0.25) is 0 Å². The van der Waals surface area contributed by atoms with Crippen molar-refractivity contribution in [1.29, 1.82) is 0 Å². The number of alkyl halides is 2. The van der Waals surface area contributed by atoms with Crippen molar-refractivity contribution in [2.45, 2.75) is 13.0 Å². The number of carbonyl (C=O) groups excluding carboxylic acids is 1. The highest BCUT2D eigenvalue weighted by atomic mass is 19.3. The minimum atomic E-state index is -2.96. The Morgan fingerprint density at radius 3 is 2.82 bits per heavy atom. The van der Waals surface area contributed by atoms with E-state index in [2.05, 4.69) is 4.74 Å². The lowest BCUT2D eigenvalue weighted by Gasteiger charge is -2.16. The maximum Gasteiger partial charge on any atom is 0.387 e. The molecule has 1 aromatic rings. The van der Waals surface area contributed by atoms with Crippen LogP contribution in [0.3, 0.4) is 0 Å². The molecule has 1 heterocycles. The summed E-state index contributed by atoms with van der Waals surface area (Å²) >= 11 is 0. The molecule has 0 unspecified atom stereocenters. The van der Waals surface area contributed by atoms with Gasteiger partial charge in [-0.3, -0.25) is 9.63 Å². The fourth-order valence-corrected chi connectivity index (χ4v) is 1.58. The van der Waals surface area contributed by atoms with Gasteiger partial charge in [0.05, 0.1) is 18.7 Å². The van der Waals surface area contributed by atoms with E-state index in [1.165, 1.54) is 18.2 Å². The Kier molecular flexibility index (Phi) is 3.53. The molecule has 0 aromatic heterocycles. The lowest BCUT2D eigenvalue weighted by atomic mass is 10.2. The number of hydrogen-bond acceptors (Lipinski definition) is 3. The molecule has 92 valence electrons. The molecule has 1 aliphatic rings. The maximum absolute atomic E-state index is 12.2. The van der Waals surface area contributed by atoms with Gasteiger partial charge in [-0.25, -0.2) is 5.06 Å². The van der Waals surface area contributed by atoms with Gasteiger partial charge >= 0.3 is 6.61 Å². The van der Waals surface area contributed by atoms with E-state index in [1.54, 1.807) is 6.07 Å². The first-order chi connectivity index (χ1) is 8.18. The zero-order chi connectivity index (χ0) is 12.3. The van der Waals surface area contributed by atoms with Gasteiger partial charge in [-0.05, 0) is 18.6 Å². The fraction of sp³-hybridized carbons (Fsp3) is 0.364. The molecule has 0 saturated carbocycles. The fourth-order valence-electron chi connectivity index (χ4n) is 1.58. The van der Waals surface area contributed by atoms with Crippen molar-refractivity contribution >= 4 is 5.91 Å². The van der Waals surface area contributed by atoms with Gasteiger partial charge in [-0.1, -0.05) is 12.1 Å². The zero-order valence-electron chi connectivity index (χ0n) is 8.94. The number of hydrogen-bond donors (Lipinski definition) is 0. The molecule has 2 rings (SSSR count). The van der Waals surface area contributed by atoms with Crippen molar-refractivity contribution in [3.63, 3.8) is 0 Å². The average Bonchev–Trinajstić information content (AvgIpc) is 2.81. The smallest absolute Gasteiger partial charge is 0.387 e. The van der Waals surface area contributed by atoms with E-state index in [0.29, 0.717) is 13.2 Å². The lowest BCUT2D eigenvalue weighted by molar-refractivity contribution is -0.0782. The summed E-state index contributed by atoms with van der Waals surface area (Å²) in [6, 6.07) is 5.87. The van der Waals surface area contributed by atoms with Gasteiger partial charge in [0.15, 0.2) is 0 Å². The van der Waals surface area contributed by atoms with Crippen LogP contribution >= 0.6 is 0 Å². The van der Waals surface area contributed by atoms with Crippen LogP contribution in [0.1, 0.15) is 16.8 Å². The molecule has 0 spiro atoms. The van der Waals surface area contributed by atoms with Crippen molar-refractivity contribution in [3.8, 4) is 5.75 Å². The average molecular weight is 243 g/mol. The molecule has 0 aliphatic carbocycles. The second-order valence-electron chi connectivity index (χ2n) is 3.47. The molecule has 1 fully saturated rings. The molecule has 1 amide bonds. The number of halogens is 2. The molecule has 1 aliphatic heterocycles. The summed E-state index contributed by atoms with van der Waals surface area (Å²) in [7, 11) is 0. The summed E-state index contributed by atoms with van der Waals surface area (Å²) in [6.45, 7) is -2.03. The van der Waals surface area contributed by atoms with E-state index >= 15 is 0 Å².